The van der Waals surface area contributed by atoms with E-state index < -0.39 is 29.7 Å². The number of primary amides is 1. The predicted octanol–water partition coefficient (Wildman–Crippen LogP) is 2.67. The number of hydrogen-bond acceptors (Lipinski definition) is 5. The molecule has 0 bridgehead atoms. The van der Waals surface area contributed by atoms with Gasteiger partial charge < -0.3 is 25.6 Å². The van der Waals surface area contributed by atoms with E-state index in [1.165, 1.54) is 22.9 Å². The second-order valence-electron chi connectivity index (χ2n) is 10.4. The summed E-state index contributed by atoms with van der Waals surface area (Å²) in [7, 11) is 3.03. The average molecular weight is 549 g/mol. The fourth-order valence-electron chi connectivity index (χ4n) is 5.13. The van der Waals surface area contributed by atoms with Crippen LogP contribution in [0.15, 0.2) is 66.7 Å². The number of ether oxygens (including phenoxy) is 1. The van der Waals surface area contributed by atoms with Gasteiger partial charge in [-0.25, -0.2) is 4.39 Å². The van der Waals surface area contributed by atoms with Crippen LogP contribution in [0.25, 0.3) is 10.8 Å². The second-order valence-corrected chi connectivity index (χ2v) is 10.4. The van der Waals surface area contributed by atoms with Crippen molar-refractivity contribution in [2.45, 2.75) is 43.8 Å². The Morgan fingerprint density at radius 2 is 1.70 bits per heavy atom. The van der Waals surface area contributed by atoms with Crippen molar-refractivity contribution in [1.29, 1.82) is 0 Å². The van der Waals surface area contributed by atoms with Crippen LogP contribution in [0.4, 0.5) is 4.39 Å². The highest BCUT2D eigenvalue weighted by Crippen LogP contribution is 2.20. The third-order valence-electron chi connectivity index (χ3n) is 7.61. The van der Waals surface area contributed by atoms with Crippen LogP contribution in [-0.4, -0.2) is 79.5 Å². The molecule has 3 N–H and O–H groups in total. The van der Waals surface area contributed by atoms with Gasteiger partial charge in [-0.2, -0.15) is 0 Å². The van der Waals surface area contributed by atoms with Crippen molar-refractivity contribution in [1.82, 2.24) is 15.1 Å². The van der Waals surface area contributed by atoms with Crippen molar-refractivity contribution in [2.24, 2.45) is 5.73 Å². The first-order chi connectivity index (χ1) is 19.2. The molecule has 40 heavy (non-hydrogen) atoms. The third-order valence-corrected chi connectivity index (χ3v) is 7.61. The Balaban J connectivity index is 1.56. The van der Waals surface area contributed by atoms with Gasteiger partial charge in [0.25, 0.3) is 0 Å². The Morgan fingerprint density at radius 3 is 2.40 bits per heavy atom. The number of likely N-dealkylation sites (N-methyl/N-ethyl adjacent to an activating group) is 2. The topological polar surface area (TPSA) is 105 Å². The van der Waals surface area contributed by atoms with Crippen molar-refractivity contribution < 1.29 is 23.5 Å². The molecule has 0 unspecified atom stereocenters. The van der Waals surface area contributed by atoms with Gasteiger partial charge in [0, 0.05) is 33.0 Å². The molecule has 3 aromatic rings. The van der Waals surface area contributed by atoms with Crippen LogP contribution in [0.3, 0.4) is 0 Å². The molecule has 4 rings (SSSR count). The molecule has 3 amide bonds. The molecule has 1 aliphatic rings. The van der Waals surface area contributed by atoms with Crippen LogP contribution in [0.2, 0.25) is 0 Å². The number of halogens is 1. The van der Waals surface area contributed by atoms with E-state index in [0.29, 0.717) is 6.61 Å². The fraction of sp³-hybridized carbons (Fsp3) is 0.387. The van der Waals surface area contributed by atoms with Gasteiger partial charge >= 0.3 is 0 Å². The lowest BCUT2D eigenvalue weighted by Gasteiger charge is -2.34. The highest BCUT2D eigenvalue weighted by molar-refractivity contribution is 5.92. The Kier molecular flexibility index (Phi) is 9.84. The molecular formula is C31H37FN4O4. The smallest absolute Gasteiger partial charge is 0.249 e. The summed E-state index contributed by atoms with van der Waals surface area (Å²) >= 11 is 0. The van der Waals surface area contributed by atoms with E-state index >= 15 is 0 Å². The number of rotatable bonds is 12. The quantitative estimate of drug-likeness (QED) is 0.362. The van der Waals surface area contributed by atoms with E-state index in [1.807, 2.05) is 42.5 Å². The number of nitrogens with zero attached hydrogens (tertiary/aromatic N) is 2. The SMILES string of the molecule is CN(C(=O)COC[C@@H]1CCCN1)[C@H](Cc1ccc2ccccc2c1)C(=O)N(C)[C@H](Cc1ccccc1F)C(N)=O. The van der Waals surface area contributed by atoms with Crippen molar-refractivity contribution in [3.05, 3.63) is 83.7 Å². The summed E-state index contributed by atoms with van der Waals surface area (Å²) in [5, 5.41) is 5.40. The average Bonchev–Trinajstić information content (AvgIpc) is 3.47. The van der Waals surface area contributed by atoms with Gasteiger partial charge in [-0.1, -0.05) is 60.7 Å². The molecule has 0 aliphatic carbocycles. The van der Waals surface area contributed by atoms with E-state index in [2.05, 4.69) is 5.32 Å². The molecule has 1 saturated heterocycles. The van der Waals surface area contributed by atoms with E-state index in [-0.39, 0.29) is 37.0 Å². The van der Waals surface area contributed by atoms with E-state index in [9.17, 15) is 18.8 Å². The molecule has 9 heteroatoms. The molecule has 0 spiro atoms. The maximum absolute atomic E-state index is 14.4. The fourth-order valence-corrected chi connectivity index (χ4v) is 5.13. The van der Waals surface area contributed by atoms with Crippen molar-refractivity contribution >= 4 is 28.5 Å². The summed E-state index contributed by atoms with van der Waals surface area (Å²) in [6.07, 6.45) is 2.20. The van der Waals surface area contributed by atoms with Crippen molar-refractivity contribution in [2.75, 3.05) is 33.9 Å². The molecule has 1 aliphatic heterocycles. The maximum Gasteiger partial charge on any atom is 0.249 e. The van der Waals surface area contributed by atoms with Crippen LogP contribution in [-0.2, 0) is 32.0 Å². The number of nitrogens with one attached hydrogen (secondary N) is 1. The molecular weight excluding hydrogens is 511 g/mol. The first-order valence-corrected chi connectivity index (χ1v) is 13.6. The van der Waals surface area contributed by atoms with Gasteiger partial charge in [0.15, 0.2) is 0 Å². The van der Waals surface area contributed by atoms with Crippen LogP contribution in [0, 0.1) is 5.82 Å². The van der Waals surface area contributed by atoms with Crippen LogP contribution in [0.1, 0.15) is 24.0 Å². The highest BCUT2D eigenvalue weighted by Gasteiger charge is 2.35. The number of hydrogen-bond donors (Lipinski definition) is 2. The highest BCUT2D eigenvalue weighted by atomic mass is 19.1. The largest absolute Gasteiger partial charge is 0.370 e. The van der Waals surface area contributed by atoms with Crippen LogP contribution in [0.5, 0.6) is 0 Å². The van der Waals surface area contributed by atoms with Crippen molar-refractivity contribution in [3.63, 3.8) is 0 Å². The van der Waals surface area contributed by atoms with Crippen molar-refractivity contribution in [3.8, 4) is 0 Å². The minimum absolute atomic E-state index is 0.0812. The van der Waals surface area contributed by atoms with Gasteiger partial charge in [0.2, 0.25) is 17.7 Å². The molecule has 0 saturated carbocycles. The molecule has 0 radical (unpaired) electrons. The van der Waals surface area contributed by atoms with Gasteiger partial charge in [-0.05, 0) is 47.4 Å². The Bertz CT molecular complexity index is 1340. The van der Waals surface area contributed by atoms with Gasteiger partial charge in [0.05, 0.1) is 6.61 Å². The summed E-state index contributed by atoms with van der Waals surface area (Å²) in [6, 6.07) is 18.0. The Hall–Kier alpha value is -3.82. The summed E-state index contributed by atoms with van der Waals surface area (Å²) in [5.74, 6) is -2.06. The zero-order chi connectivity index (χ0) is 28.6. The Labute approximate surface area is 234 Å². The van der Waals surface area contributed by atoms with E-state index in [4.69, 9.17) is 10.5 Å². The van der Waals surface area contributed by atoms with Gasteiger partial charge in [-0.15, -0.1) is 0 Å². The number of benzene rings is 3. The summed E-state index contributed by atoms with van der Waals surface area (Å²) in [6.45, 7) is 1.17. The summed E-state index contributed by atoms with van der Waals surface area (Å²) in [4.78, 5) is 42.2. The minimum Gasteiger partial charge on any atom is -0.370 e. The molecule has 3 atom stereocenters. The lowest BCUT2D eigenvalue weighted by atomic mass is 9.98. The molecule has 1 heterocycles. The standard InChI is InChI=1S/C31H37FN4O4/c1-35(29(37)20-40-19-25-11-7-15-34-25)28(17-21-13-14-22-8-3-4-9-23(22)16-21)31(39)36(2)27(30(33)38)18-24-10-5-6-12-26(24)32/h3-6,8-10,12-14,16,25,27-28,34H,7,11,15,17-20H2,1-2H3,(H2,33,38)/t25-,27+,28+/m0/s1. The molecule has 3 aromatic carbocycles. The minimum atomic E-state index is -1.10. The second kappa shape index (κ2) is 13.5. The normalized spacial score (nSPS) is 16.4. The third kappa shape index (κ3) is 7.22. The number of nitrogens with two attached hydrogens (primary N) is 1. The first-order valence-electron chi connectivity index (χ1n) is 13.6. The summed E-state index contributed by atoms with van der Waals surface area (Å²) in [5.41, 5.74) is 6.81. The molecule has 0 aromatic heterocycles. The molecule has 1 fully saturated rings. The van der Waals surface area contributed by atoms with Crippen LogP contribution < -0.4 is 11.1 Å². The Morgan fingerprint density at radius 1 is 0.975 bits per heavy atom. The lowest BCUT2D eigenvalue weighted by molar-refractivity contribution is -0.148. The molecule has 8 nitrogen and oxygen atoms in total. The van der Waals surface area contributed by atoms with E-state index in [0.717, 1.165) is 35.7 Å². The monoisotopic (exact) mass is 548 g/mol. The summed E-state index contributed by atoms with van der Waals surface area (Å²) < 4.78 is 20.1. The maximum atomic E-state index is 14.4. The zero-order valence-corrected chi connectivity index (χ0v) is 23.0. The van der Waals surface area contributed by atoms with Gasteiger partial charge in [0.1, 0.15) is 24.5 Å². The lowest BCUT2D eigenvalue weighted by Crippen LogP contribution is -2.55. The molecule has 212 valence electrons. The zero-order valence-electron chi connectivity index (χ0n) is 23.0. The van der Waals surface area contributed by atoms with Crippen LogP contribution >= 0.6 is 0 Å². The first kappa shape index (κ1) is 29.2. The number of carbonyl (C=O) groups excluding carboxylic acids is 3. The van der Waals surface area contributed by atoms with Gasteiger partial charge in [-0.3, -0.25) is 14.4 Å². The number of amides is 3. The number of carbonyl (C=O) groups is 3. The van der Waals surface area contributed by atoms with E-state index in [1.54, 1.807) is 25.2 Å². The number of fused-ring (bicyclic) bond motifs is 1. The predicted molar refractivity (Wildman–Crippen MR) is 152 cm³/mol.